The second-order valence-corrected chi connectivity index (χ2v) is 6.25. The summed E-state index contributed by atoms with van der Waals surface area (Å²) in [5, 5.41) is 3.49. The average Bonchev–Trinajstić information content (AvgIpc) is 2.69. The standard InChI is InChI=1S/C18H29FN2/c1-4-12-20-15(3)16-10-8-11-17(19)18(16)21-13-7-5-6-9-14(21)2/h8,10-11,14-15,20H,4-7,9,12-13H2,1-3H3. The lowest BCUT2D eigenvalue weighted by molar-refractivity contribution is 0.545. The van der Waals surface area contributed by atoms with Gasteiger partial charge in [-0.1, -0.05) is 31.9 Å². The number of halogens is 1. The van der Waals surface area contributed by atoms with Crippen molar-refractivity contribution in [1.82, 2.24) is 5.32 Å². The lowest BCUT2D eigenvalue weighted by Gasteiger charge is -2.33. The highest BCUT2D eigenvalue weighted by atomic mass is 19.1. The number of nitrogens with zero attached hydrogens (tertiary/aromatic N) is 1. The van der Waals surface area contributed by atoms with E-state index in [2.05, 4.69) is 37.1 Å². The molecule has 0 aromatic heterocycles. The smallest absolute Gasteiger partial charge is 0.146 e. The summed E-state index contributed by atoms with van der Waals surface area (Å²) in [4.78, 5) is 2.29. The van der Waals surface area contributed by atoms with E-state index in [4.69, 9.17) is 0 Å². The molecule has 1 aliphatic heterocycles. The summed E-state index contributed by atoms with van der Waals surface area (Å²) in [6.45, 7) is 8.45. The molecular formula is C18H29FN2. The van der Waals surface area contributed by atoms with Gasteiger partial charge in [0.05, 0.1) is 5.69 Å². The van der Waals surface area contributed by atoms with E-state index in [0.29, 0.717) is 6.04 Å². The van der Waals surface area contributed by atoms with Crippen LogP contribution in [0.4, 0.5) is 10.1 Å². The Labute approximate surface area is 128 Å². The van der Waals surface area contributed by atoms with Crippen molar-refractivity contribution in [2.24, 2.45) is 0 Å². The van der Waals surface area contributed by atoms with Gasteiger partial charge >= 0.3 is 0 Å². The van der Waals surface area contributed by atoms with Gasteiger partial charge in [0.1, 0.15) is 5.82 Å². The first-order valence-corrected chi connectivity index (χ1v) is 8.43. The van der Waals surface area contributed by atoms with Crippen molar-refractivity contribution in [2.75, 3.05) is 18.0 Å². The molecule has 1 aliphatic rings. The van der Waals surface area contributed by atoms with E-state index in [1.807, 2.05) is 6.07 Å². The molecule has 2 rings (SSSR count). The van der Waals surface area contributed by atoms with Crippen molar-refractivity contribution in [1.29, 1.82) is 0 Å². The average molecular weight is 292 g/mol. The molecule has 2 atom stereocenters. The Morgan fingerprint density at radius 1 is 1.33 bits per heavy atom. The molecule has 0 amide bonds. The maximum absolute atomic E-state index is 14.6. The highest BCUT2D eigenvalue weighted by Crippen LogP contribution is 2.33. The fourth-order valence-corrected chi connectivity index (χ4v) is 3.26. The van der Waals surface area contributed by atoms with Crippen molar-refractivity contribution >= 4 is 5.69 Å². The normalized spacial score (nSPS) is 21.1. The zero-order valence-corrected chi connectivity index (χ0v) is 13.7. The van der Waals surface area contributed by atoms with E-state index in [1.54, 1.807) is 6.07 Å². The minimum atomic E-state index is -0.0774. The van der Waals surface area contributed by atoms with Gasteiger partial charge in [-0.25, -0.2) is 4.39 Å². The highest BCUT2D eigenvalue weighted by Gasteiger charge is 2.24. The molecule has 118 valence electrons. The van der Waals surface area contributed by atoms with Crippen molar-refractivity contribution in [3.8, 4) is 0 Å². The number of para-hydroxylation sites is 1. The van der Waals surface area contributed by atoms with Gasteiger partial charge in [0.2, 0.25) is 0 Å². The highest BCUT2D eigenvalue weighted by molar-refractivity contribution is 5.57. The third kappa shape index (κ3) is 3.97. The third-order valence-electron chi connectivity index (χ3n) is 4.53. The number of benzene rings is 1. The molecule has 0 radical (unpaired) electrons. The van der Waals surface area contributed by atoms with Crippen LogP contribution in [-0.4, -0.2) is 19.1 Å². The molecule has 1 aromatic rings. The quantitative estimate of drug-likeness (QED) is 0.849. The molecule has 0 aliphatic carbocycles. The minimum absolute atomic E-state index is 0.0774. The molecule has 1 fully saturated rings. The molecule has 2 nitrogen and oxygen atoms in total. The van der Waals surface area contributed by atoms with E-state index in [0.717, 1.165) is 43.6 Å². The topological polar surface area (TPSA) is 15.3 Å². The Morgan fingerprint density at radius 2 is 2.14 bits per heavy atom. The summed E-state index contributed by atoms with van der Waals surface area (Å²) in [7, 11) is 0. The predicted molar refractivity (Wildman–Crippen MR) is 88.4 cm³/mol. The van der Waals surface area contributed by atoms with Crippen LogP contribution in [-0.2, 0) is 0 Å². The first-order chi connectivity index (χ1) is 10.1. The van der Waals surface area contributed by atoms with E-state index < -0.39 is 0 Å². The molecule has 1 heterocycles. The van der Waals surface area contributed by atoms with E-state index in [9.17, 15) is 4.39 Å². The molecule has 0 bridgehead atoms. The van der Waals surface area contributed by atoms with Crippen LogP contribution < -0.4 is 10.2 Å². The summed E-state index contributed by atoms with van der Waals surface area (Å²) in [5.74, 6) is -0.0774. The van der Waals surface area contributed by atoms with E-state index in [-0.39, 0.29) is 11.9 Å². The van der Waals surface area contributed by atoms with Crippen LogP contribution in [0.15, 0.2) is 18.2 Å². The molecule has 21 heavy (non-hydrogen) atoms. The van der Waals surface area contributed by atoms with Crippen molar-refractivity contribution < 1.29 is 4.39 Å². The second-order valence-electron chi connectivity index (χ2n) is 6.25. The number of rotatable bonds is 5. The molecule has 2 unspecified atom stereocenters. The molecule has 1 aromatic carbocycles. The Morgan fingerprint density at radius 3 is 2.90 bits per heavy atom. The lowest BCUT2D eigenvalue weighted by atomic mass is 10.0. The maximum atomic E-state index is 14.6. The Balaban J connectivity index is 2.31. The molecule has 0 spiro atoms. The van der Waals surface area contributed by atoms with Crippen LogP contribution in [0.1, 0.15) is 64.5 Å². The lowest BCUT2D eigenvalue weighted by Crippen LogP contribution is -2.35. The van der Waals surface area contributed by atoms with E-state index >= 15 is 0 Å². The van der Waals surface area contributed by atoms with Crippen LogP contribution in [0.5, 0.6) is 0 Å². The molecule has 3 heteroatoms. The van der Waals surface area contributed by atoms with Gasteiger partial charge < -0.3 is 10.2 Å². The second kappa shape index (κ2) is 7.79. The zero-order valence-electron chi connectivity index (χ0n) is 13.7. The van der Waals surface area contributed by atoms with Crippen LogP contribution in [0.25, 0.3) is 0 Å². The molecule has 1 N–H and O–H groups in total. The van der Waals surface area contributed by atoms with Gasteiger partial charge in [-0.2, -0.15) is 0 Å². The molecular weight excluding hydrogens is 263 g/mol. The number of hydrogen-bond donors (Lipinski definition) is 1. The van der Waals surface area contributed by atoms with Gasteiger partial charge in [-0.15, -0.1) is 0 Å². The molecule has 0 saturated carbocycles. The fourth-order valence-electron chi connectivity index (χ4n) is 3.26. The summed E-state index contributed by atoms with van der Waals surface area (Å²) in [6, 6.07) is 6.11. The Bertz CT molecular complexity index is 447. The number of hydrogen-bond acceptors (Lipinski definition) is 2. The number of anilines is 1. The van der Waals surface area contributed by atoms with Crippen molar-refractivity contribution in [3.63, 3.8) is 0 Å². The number of nitrogens with one attached hydrogen (secondary N) is 1. The van der Waals surface area contributed by atoms with Gasteiger partial charge in [-0.05, 0) is 51.3 Å². The minimum Gasteiger partial charge on any atom is -0.366 e. The first kappa shape index (κ1) is 16.3. The van der Waals surface area contributed by atoms with Crippen LogP contribution in [0, 0.1) is 5.82 Å². The predicted octanol–water partition coefficient (Wildman–Crippen LogP) is 4.66. The summed E-state index contributed by atoms with van der Waals surface area (Å²) >= 11 is 0. The summed E-state index contributed by atoms with van der Waals surface area (Å²) < 4.78 is 14.6. The van der Waals surface area contributed by atoms with Crippen LogP contribution in [0.2, 0.25) is 0 Å². The van der Waals surface area contributed by atoms with E-state index in [1.165, 1.54) is 12.8 Å². The van der Waals surface area contributed by atoms with Gasteiger partial charge in [0.15, 0.2) is 0 Å². The SMILES string of the molecule is CCCNC(C)c1cccc(F)c1N1CCCCCC1C. The maximum Gasteiger partial charge on any atom is 0.146 e. The summed E-state index contributed by atoms with van der Waals surface area (Å²) in [6.07, 6.45) is 5.92. The zero-order chi connectivity index (χ0) is 15.2. The first-order valence-electron chi connectivity index (χ1n) is 8.43. The Hall–Kier alpha value is -1.09. The van der Waals surface area contributed by atoms with Gasteiger partial charge in [0.25, 0.3) is 0 Å². The van der Waals surface area contributed by atoms with Crippen LogP contribution >= 0.6 is 0 Å². The van der Waals surface area contributed by atoms with Crippen molar-refractivity contribution in [2.45, 2.75) is 65.0 Å². The largest absolute Gasteiger partial charge is 0.366 e. The summed E-state index contributed by atoms with van der Waals surface area (Å²) in [5.41, 5.74) is 1.92. The van der Waals surface area contributed by atoms with Crippen LogP contribution in [0.3, 0.4) is 0 Å². The third-order valence-corrected chi connectivity index (χ3v) is 4.53. The molecule has 1 saturated heterocycles. The Kier molecular flexibility index (Phi) is 6.04. The fraction of sp³-hybridized carbons (Fsp3) is 0.667. The van der Waals surface area contributed by atoms with Gasteiger partial charge in [-0.3, -0.25) is 0 Å². The van der Waals surface area contributed by atoms with Gasteiger partial charge in [0, 0.05) is 18.6 Å². The monoisotopic (exact) mass is 292 g/mol. The van der Waals surface area contributed by atoms with Crippen molar-refractivity contribution in [3.05, 3.63) is 29.6 Å².